The number of nitrogens with zero attached hydrogens (tertiary/aromatic N) is 7. The van der Waals surface area contributed by atoms with E-state index in [4.69, 9.17) is 10.2 Å². The van der Waals surface area contributed by atoms with Crippen molar-refractivity contribution in [2.75, 3.05) is 32.1 Å². The maximum Gasteiger partial charge on any atom is 0.244 e. The molecule has 1 fully saturated rings. The monoisotopic (exact) mass is 415 g/mol. The van der Waals surface area contributed by atoms with Crippen LogP contribution < -0.4 is 4.90 Å². The molecule has 1 aliphatic rings. The number of piperidine rings is 1. The Bertz CT molecular complexity index is 1080. The largest absolute Gasteiger partial charge is 0.347 e. The molecule has 1 aliphatic heterocycles. The predicted molar refractivity (Wildman–Crippen MR) is 117 cm³/mol. The summed E-state index contributed by atoms with van der Waals surface area (Å²) in [6, 6.07) is 11.4. The third kappa shape index (κ3) is 4.56. The Morgan fingerprint density at radius 3 is 2.77 bits per heavy atom. The van der Waals surface area contributed by atoms with E-state index in [1.54, 1.807) is 29.2 Å². The van der Waals surface area contributed by atoms with Crippen molar-refractivity contribution in [2.45, 2.75) is 25.3 Å². The molecular formula is C23H25N7O. The van der Waals surface area contributed by atoms with Crippen molar-refractivity contribution in [1.29, 1.82) is 5.26 Å². The Kier molecular flexibility index (Phi) is 5.94. The lowest BCUT2D eigenvalue weighted by atomic mass is 9.89. The molecule has 3 heterocycles. The smallest absolute Gasteiger partial charge is 0.244 e. The van der Waals surface area contributed by atoms with Crippen molar-refractivity contribution in [3.8, 4) is 17.2 Å². The number of benzene rings is 1. The summed E-state index contributed by atoms with van der Waals surface area (Å²) >= 11 is 0. The molecule has 3 aromatic rings. The zero-order valence-corrected chi connectivity index (χ0v) is 17.8. The molecule has 1 amide bonds. The number of carbonyl (C=O) groups is 1. The van der Waals surface area contributed by atoms with Crippen molar-refractivity contribution in [1.82, 2.24) is 24.6 Å². The summed E-state index contributed by atoms with van der Waals surface area (Å²) in [5.74, 6) is 0.824. The predicted octanol–water partition coefficient (Wildman–Crippen LogP) is 2.68. The van der Waals surface area contributed by atoms with Crippen LogP contribution in [0.2, 0.25) is 0 Å². The molecule has 31 heavy (non-hydrogen) atoms. The van der Waals surface area contributed by atoms with Crippen LogP contribution in [-0.4, -0.2) is 57.7 Å². The van der Waals surface area contributed by atoms with Gasteiger partial charge < -0.3 is 9.80 Å². The van der Waals surface area contributed by atoms with Gasteiger partial charge in [0.05, 0.1) is 17.3 Å². The summed E-state index contributed by atoms with van der Waals surface area (Å²) in [6.45, 7) is 1.61. The quantitative estimate of drug-likeness (QED) is 0.636. The second-order valence-electron chi connectivity index (χ2n) is 7.94. The highest BCUT2D eigenvalue weighted by Crippen LogP contribution is 2.34. The van der Waals surface area contributed by atoms with Crippen LogP contribution >= 0.6 is 0 Å². The van der Waals surface area contributed by atoms with Crippen LogP contribution in [0.3, 0.4) is 0 Å². The number of aromatic nitrogens is 4. The van der Waals surface area contributed by atoms with Gasteiger partial charge in [0.2, 0.25) is 11.9 Å². The number of rotatable bonds is 5. The molecule has 0 N–H and O–H groups in total. The van der Waals surface area contributed by atoms with Crippen molar-refractivity contribution in [3.63, 3.8) is 0 Å². The summed E-state index contributed by atoms with van der Waals surface area (Å²) in [6.07, 6.45) is 7.21. The van der Waals surface area contributed by atoms with Crippen molar-refractivity contribution < 1.29 is 4.79 Å². The first-order chi connectivity index (χ1) is 15.0. The molecule has 0 aliphatic carbocycles. The van der Waals surface area contributed by atoms with Gasteiger partial charge in [-0.25, -0.2) is 9.97 Å². The lowest BCUT2D eigenvalue weighted by Gasteiger charge is -2.33. The van der Waals surface area contributed by atoms with E-state index in [0.29, 0.717) is 18.1 Å². The second-order valence-corrected chi connectivity index (χ2v) is 7.94. The van der Waals surface area contributed by atoms with E-state index < -0.39 is 0 Å². The van der Waals surface area contributed by atoms with Gasteiger partial charge in [-0.3, -0.25) is 9.48 Å². The molecule has 0 spiro atoms. The zero-order valence-electron chi connectivity index (χ0n) is 17.8. The Morgan fingerprint density at radius 2 is 2.10 bits per heavy atom. The molecule has 1 aromatic carbocycles. The number of hydrogen-bond acceptors (Lipinski definition) is 6. The zero-order chi connectivity index (χ0) is 21.8. The molecule has 0 radical (unpaired) electrons. The van der Waals surface area contributed by atoms with Gasteiger partial charge in [0.15, 0.2) is 0 Å². The topological polar surface area (TPSA) is 90.9 Å². The molecule has 8 heteroatoms. The maximum atomic E-state index is 12.8. The van der Waals surface area contributed by atoms with Crippen LogP contribution in [0, 0.1) is 11.3 Å². The van der Waals surface area contributed by atoms with Crippen LogP contribution in [-0.2, 0) is 11.3 Å². The Hall–Kier alpha value is -3.73. The van der Waals surface area contributed by atoms with Crippen LogP contribution in [0.5, 0.6) is 0 Å². The van der Waals surface area contributed by atoms with Gasteiger partial charge >= 0.3 is 0 Å². The van der Waals surface area contributed by atoms with E-state index in [0.717, 1.165) is 36.2 Å². The van der Waals surface area contributed by atoms with E-state index in [-0.39, 0.29) is 18.4 Å². The van der Waals surface area contributed by atoms with Crippen LogP contribution in [0.25, 0.3) is 11.1 Å². The molecule has 158 valence electrons. The lowest BCUT2D eigenvalue weighted by molar-refractivity contribution is -0.133. The van der Waals surface area contributed by atoms with E-state index >= 15 is 0 Å². The van der Waals surface area contributed by atoms with Crippen molar-refractivity contribution >= 4 is 11.9 Å². The number of anilines is 1. The second kappa shape index (κ2) is 8.96. The van der Waals surface area contributed by atoms with Crippen molar-refractivity contribution in [2.24, 2.45) is 0 Å². The standard InChI is InChI=1S/C23H25N7O/c1-28(2)23-25-14-20(18-8-6-17(13-24)7-9-18)22(27-23)19-5-3-11-29(15-19)21(31)16-30-12-4-10-26-30/h4,6-10,12,14,19H,3,5,11,15-16H2,1-2H3. The summed E-state index contributed by atoms with van der Waals surface area (Å²) in [5.41, 5.74) is 3.48. The summed E-state index contributed by atoms with van der Waals surface area (Å²) in [4.78, 5) is 26.0. The number of nitriles is 1. The van der Waals surface area contributed by atoms with Crippen LogP contribution in [0.4, 0.5) is 5.95 Å². The third-order valence-corrected chi connectivity index (χ3v) is 5.55. The van der Waals surface area contributed by atoms with Gasteiger partial charge in [-0.15, -0.1) is 0 Å². The van der Waals surface area contributed by atoms with Gasteiger partial charge in [0, 0.05) is 57.3 Å². The van der Waals surface area contributed by atoms with E-state index in [2.05, 4.69) is 16.2 Å². The molecule has 8 nitrogen and oxygen atoms in total. The maximum absolute atomic E-state index is 12.8. The van der Waals surface area contributed by atoms with E-state index in [1.165, 1.54) is 0 Å². The number of likely N-dealkylation sites (tertiary alicyclic amines) is 1. The molecule has 0 bridgehead atoms. The summed E-state index contributed by atoms with van der Waals surface area (Å²) in [7, 11) is 3.84. The minimum Gasteiger partial charge on any atom is -0.347 e. The average Bonchev–Trinajstić information content (AvgIpc) is 3.32. The minimum atomic E-state index is 0.0650. The first-order valence-corrected chi connectivity index (χ1v) is 10.3. The number of carbonyl (C=O) groups excluding carboxylic acids is 1. The first kappa shape index (κ1) is 20.5. The first-order valence-electron chi connectivity index (χ1n) is 10.3. The summed E-state index contributed by atoms with van der Waals surface area (Å²) < 4.78 is 1.66. The van der Waals surface area contributed by atoms with Gasteiger partial charge in [0.25, 0.3) is 0 Å². The van der Waals surface area contributed by atoms with E-state index in [1.807, 2.05) is 48.3 Å². The molecule has 1 unspecified atom stereocenters. The van der Waals surface area contributed by atoms with Gasteiger partial charge in [-0.2, -0.15) is 10.4 Å². The third-order valence-electron chi connectivity index (χ3n) is 5.55. The molecular weight excluding hydrogens is 390 g/mol. The van der Waals surface area contributed by atoms with Crippen LogP contribution in [0.1, 0.15) is 30.0 Å². The Morgan fingerprint density at radius 1 is 1.29 bits per heavy atom. The SMILES string of the molecule is CN(C)c1ncc(-c2ccc(C#N)cc2)c(C2CCCN(C(=O)Cn3cccn3)C2)n1. The Balaban J connectivity index is 1.63. The van der Waals surface area contributed by atoms with Gasteiger partial charge in [-0.05, 0) is 36.6 Å². The fraction of sp³-hybridized carbons (Fsp3) is 0.348. The summed E-state index contributed by atoms with van der Waals surface area (Å²) in [5, 5.41) is 13.3. The van der Waals surface area contributed by atoms with Crippen LogP contribution in [0.15, 0.2) is 48.9 Å². The number of hydrogen-bond donors (Lipinski definition) is 0. The highest BCUT2D eigenvalue weighted by Gasteiger charge is 2.28. The average molecular weight is 416 g/mol. The molecule has 4 rings (SSSR count). The molecule has 1 atom stereocenters. The number of amides is 1. The van der Waals surface area contributed by atoms with Gasteiger partial charge in [-0.1, -0.05) is 12.1 Å². The molecule has 1 saturated heterocycles. The lowest BCUT2D eigenvalue weighted by Crippen LogP contribution is -2.41. The highest BCUT2D eigenvalue weighted by molar-refractivity contribution is 5.76. The van der Waals surface area contributed by atoms with Crippen molar-refractivity contribution in [3.05, 3.63) is 60.2 Å². The molecule has 2 aromatic heterocycles. The minimum absolute atomic E-state index is 0.0650. The molecule has 0 saturated carbocycles. The highest BCUT2D eigenvalue weighted by atomic mass is 16.2. The van der Waals surface area contributed by atoms with E-state index in [9.17, 15) is 4.79 Å². The fourth-order valence-electron chi connectivity index (χ4n) is 3.92. The normalized spacial score (nSPS) is 16.0. The van der Waals surface area contributed by atoms with Gasteiger partial charge in [0.1, 0.15) is 6.54 Å². The fourth-order valence-corrected chi connectivity index (χ4v) is 3.92. The Labute approximate surface area is 181 Å².